The van der Waals surface area contributed by atoms with Crippen LogP contribution in [0.25, 0.3) is 0 Å². The molecular weight excluding hydrogens is 320 g/mol. The van der Waals surface area contributed by atoms with E-state index in [1.807, 2.05) is 48.5 Å². The summed E-state index contributed by atoms with van der Waals surface area (Å²) in [7, 11) is 1.58. The molecule has 1 spiro atoms. The van der Waals surface area contributed by atoms with Crippen LogP contribution in [0.3, 0.4) is 0 Å². The molecule has 2 aliphatic rings. The van der Waals surface area contributed by atoms with Gasteiger partial charge in [-0.1, -0.05) is 30.3 Å². The van der Waals surface area contributed by atoms with Gasteiger partial charge < -0.3 is 14.8 Å². The topological polar surface area (TPSA) is 67.9 Å². The monoisotopic (exact) mass is 338 g/mol. The van der Waals surface area contributed by atoms with Gasteiger partial charge in [0.25, 0.3) is 5.91 Å². The van der Waals surface area contributed by atoms with Gasteiger partial charge in [-0.25, -0.2) is 4.79 Å². The van der Waals surface area contributed by atoms with Crippen molar-refractivity contribution in [2.45, 2.75) is 18.5 Å². The average molecular weight is 338 g/mol. The molecule has 0 aromatic heterocycles. The number of fused-ring (bicyclic) bond motifs is 2. The molecule has 0 saturated carbocycles. The summed E-state index contributed by atoms with van der Waals surface area (Å²) in [4.78, 5) is 27.0. The Labute approximate surface area is 145 Å². The van der Waals surface area contributed by atoms with Crippen molar-refractivity contribution in [3.8, 4) is 11.5 Å². The lowest BCUT2D eigenvalue weighted by atomic mass is 9.84. The Kier molecular flexibility index (Phi) is 3.60. The number of rotatable bonds is 3. The molecule has 0 radical (unpaired) electrons. The fourth-order valence-electron chi connectivity index (χ4n) is 3.47. The van der Waals surface area contributed by atoms with Gasteiger partial charge in [0, 0.05) is 12.0 Å². The second kappa shape index (κ2) is 5.81. The maximum atomic E-state index is 13.2. The lowest BCUT2D eigenvalue weighted by molar-refractivity contribution is -0.133. The summed E-state index contributed by atoms with van der Waals surface area (Å²) in [5.41, 5.74) is 0.512. The number of hydrogen-bond acceptors (Lipinski definition) is 4. The number of nitrogens with zero attached hydrogens (tertiary/aromatic N) is 1. The summed E-state index contributed by atoms with van der Waals surface area (Å²) in [6.45, 7) is 0.586. The maximum Gasteiger partial charge on any atom is 0.325 e. The van der Waals surface area contributed by atoms with Gasteiger partial charge in [0.05, 0.1) is 20.3 Å². The highest BCUT2D eigenvalue weighted by Crippen LogP contribution is 2.41. The van der Waals surface area contributed by atoms with Gasteiger partial charge in [-0.15, -0.1) is 0 Å². The van der Waals surface area contributed by atoms with Crippen LogP contribution < -0.4 is 14.8 Å². The number of methoxy groups -OCH3 is 1. The van der Waals surface area contributed by atoms with Crippen molar-refractivity contribution >= 4 is 11.9 Å². The number of para-hydroxylation sites is 1. The maximum absolute atomic E-state index is 13.2. The Hall–Kier alpha value is -3.02. The first-order chi connectivity index (χ1) is 12.1. The van der Waals surface area contributed by atoms with Crippen LogP contribution in [-0.4, -0.2) is 30.6 Å². The summed E-state index contributed by atoms with van der Waals surface area (Å²) in [6, 6.07) is 14.3. The van der Waals surface area contributed by atoms with Crippen molar-refractivity contribution in [1.29, 1.82) is 0 Å². The third-order valence-corrected chi connectivity index (χ3v) is 4.73. The van der Waals surface area contributed by atoms with Crippen molar-refractivity contribution in [3.05, 3.63) is 59.7 Å². The lowest BCUT2D eigenvalue weighted by Gasteiger charge is -2.33. The van der Waals surface area contributed by atoms with E-state index in [1.165, 1.54) is 4.90 Å². The van der Waals surface area contributed by atoms with Crippen molar-refractivity contribution in [1.82, 2.24) is 10.2 Å². The Morgan fingerprint density at radius 2 is 2.04 bits per heavy atom. The second-order valence-electron chi connectivity index (χ2n) is 6.17. The molecule has 3 amide bonds. The van der Waals surface area contributed by atoms with Crippen LogP contribution in [0.4, 0.5) is 4.79 Å². The SMILES string of the molecule is COc1cccc(CN2C(=O)N[C@@]3(CCOc4ccccc43)C2=O)c1. The van der Waals surface area contributed by atoms with E-state index in [4.69, 9.17) is 9.47 Å². The highest BCUT2D eigenvalue weighted by atomic mass is 16.5. The zero-order valence-electron chi connectivity index (χ0n) is 13.8. The third-order valence-electron chi connectivity index (χ3n) is 4.73. The fraction of sp³-hybridized carbons (Fsp3) is 0.263. The first-order valence-corrected chi connectivity index (χ1v) is 8.13. The van der Waals surface area contributed by atoms with Crippen molar-refractivity contribution < 1.29 is 19.1 Å². The van der Waals surface area contributed by atoms with Crippen LogP contribution in [0.2, 0.25) is 0 Å². The van der Waals surface area contributed by atoms with Crippen LogP contribution in [0.15, 0.2) is 48.5 Å². The number of imide groups is 1. The van der Waals surface area contributed by atoms with E-state index in [0.717, 1.165) is 5.56 Å². The van der Waals surface area contributed by atoms with Crippen molar-refractivity contribution in [2.24, 2.45) is 0 Å². The molecule has 128 valence electrons. The largest absolute Gasteiger partial charge is 0.497 e. The Bertz CT molecular complexity index is 851. The number of amides is 3. The van der Waals surface area contributed by atoms with Gasteiger partial charge in [0.2, 0.25) is 0 Å². The smallest absolute Gasteiger partial charge is 0.325 e. The van der Waals surface area contributed by atoms with Crippen molar-refractivity contribution in [3.63, 3.8) is 0 Å². The molecule has 2 aliphatic heterocycles. The molecule has 2 aromatic rings. The molecule has 4 rings (SSSR count). The van der Waals surface area contributed by atoms with E-state index in [-0.39, 0.29) is 18.5 Å². The van der Waals surface area contributed by atoms with E-state index in [0.29, 0.717) is 30.1 Å². The summed E-state index contributed by atoms with van der Waals surface area (Å²) >= 11 is 0. The molecule has 0 unspecified atom stereocenters. The minimum atomic E-state index is -1.04. The van der Waals surface area contributed by atoms with Crippen LogP contribution in [0.5, 0.6) is 11.5 Å². The predicted octanol–water partition coefficient (Wildman–Crippen LogP) is 2.43. The minimum absolute atomic E-state index is 0.201. The van der Waals surface area contributed by atoms with E-state index in [1.54, 1.807) is 7.11 Å². The average Bonchev–Trinajstić information content (AvgIpc) is 2.87. The van der Waals surface area contributed by atoms with E-state index >= 15 is 0 Å². The lowest BCUT2D eigenvalue weighted by Crippen LogP contribution is -2.47. The highest BCUT2D eigenvalue weighted by Gasteiger charge is 2.54. The number of carbonyl (C=O) groups is 2. The Morgan fingerprint density at radius 3 is 2.88 bits per heavy atom. The molecular formula is C19H18N2O4. The molecule has 2 aromatic carbocycles. The van der Waals surface area contributed by atoms with E-state index < -0.39 is 5.54 Å². The molecule has 1 atom stereocenters. The quantitative estimate of drug-likeness (QED) is 0.873. The Morgan fingerprint density at radius 1 is 1.20 bits per heavy atom. The van der Waals surface area contributed by atoms with E-state index in [2.05, 4.69) is 5.32 Å². The zero-order chi connectivity index (χ0) is 17.4. The van der Waals surface area contributed by atoms with Gasteiger partial charge in [-0.3, -0.25) is 9.69 Å². The zero-order valence-corrected chi connectivity index (χ0v) is 13.8. The summed E-state index contributed by atoms with van der Waals surface area (Å²) in [5, 5.41) is 2.90. The van der Waals surface area contributed by atoms with Gasteiger partial charge in [-0.05, 0) is 23.8 Å². The standard InChI is InChI=1S/C19H18N2O4/c1-24-14-6-4-5-13(11-14)12-21-17(22)19(20-18(21)23)9-10-25-16-8-3-2-7-15(16)19/h2-8,11H,9-10,12H2,1H3,(H,20,23)/t19-/m1/s1. The number of ether oxygens (including phenoxy) is 2. The Balaban J connectivity index is 1.67. The summed E-state index contributed by atoms with van der Waals surface area (Å²) in [5.74, 6) is 1.09. The molecule has 1 fully saturated rings. The molecule has 0 aliphatic carbocycles. The molecule has 25 heavy (non-hydrogen) atoms. The predicted molar refractivity (Wildman–Crippen MR) is 90.3 cm³/mol. The van der Waals surface area contributed by atoms with Crippen LogP contribution >= 0.6 is 0 Å². The molecule has 1 N–H and O–H groups in total. The van der Waals surface area contributed by atoms with Gasteiger partial charge in [0.15, 0.2) is 5.54 Å². The second-order valence-corrected chi connectivity index (χ2v) is 6.17. The van der Waals surface area contributed by atoms with Crippen LogP contribution in [-0.2, 0) is 16.9 Å². The summed E-state index contributed by atoms with van der Waals surface area (Å²) < 4.78 is 10.8. The first kappa shape index (κ1) is 15.5. The number of nitrogens with one attached hydrogen (secondary N) is 1. The van der Waals surface area contributed by atoms with E-state index in [9.17, 15) is 9.59 Å². The number of benzene rings is 2. The third kappa shape index (κ3) is 2.41. The molecule has 6 heteroatoms. The fourth-order valence-corrected chi connectivity index (χ4v) is 3.47. The number of urea groups is 1. The van der Waals surface area contributed by atoms with Gasteiger partial charge in [-0.2, -0.15) is 0 Å². The molecule has 6 nitrogen and oxygen atoms in total. The van der Waals surface area contributed by atoms with Gasteiger partial charge >= 0.3 is 6.03 Å². The molecule has 1 saturated heterocycles. The minimum Gasteiger partial charge on any atom is -0.497 e. The highest BCUT2D eigenvalue weighted by molar-refractivity contribution is 6.07. The van der Waals surface area contributed by atoms with Crippen LogP contribution in [0, 0.1) is 0 Å². The number of carbonyl (C=O) groups excluding carboxylic acids is 2. The normalized spacial score (nSPS) is 21.7. The van der Waals surface area contributed by atoms with Crippen molar-refractivity contribution in [2.75, 3.05) is 13.7 Å². The molecule has 2 heterocycles. The van der Waals surface area contributed by atoms with Gasteiger partial charge in [0.1, 0.15) is 11.5 Å². The molecule has 0 bridgehead atoms. The first-order valence-electron chi connectivity index (χ1n) is 8.13. The van der Waals surface area contributed by atoms with Crippen LogP contribution in [0.1, 0.15) is 17.5 Å². The summed E-state index contributed by atoms with van der Waals surface area (Å²) in [6.07, 6.45) is 0.420. The number of hydrogen-bond donors (Lipinski definition) is 1.